The normalized spacial score (nSPS) is 11.7. The molecular formula is C15H12N2O2S. The van der Waals surface area contributed by atoms with Gasteiger partial charge in [-0.25, -0.2) is 18.5 Å². The first-order valence-electron chi connectivity index (χ1n) is 6.04. The Morgan fingerprint density at radius 3 is 2.30 bits per heavy atom. The van der Waals surface area contributed by atoms with Gasteiger partial charge < -0.3 is 0 Å². The van der Waals surface area contributed by atoms with Gasteiger partial charge in [0, 0.05) is 10.9 Å². The highest BCUT2D eigenvalue weighted by molar-refractivity contribution is 7.89. The van der Waals surface area contributed by atoms with Gasteiger partial charge in [-0.05, 0) is 12.1 Å². The van der Waals surface area contributed by atoms with E-state index in [2.05, 4.69) is 4.98 Å². The van der Waals surface area contributed by atoms with Crippen LogP contribution < -0.4 is 5.14 Å². The van der Waals surface area contributed by atoms with Crippen molar-refractivity contribution in [3.8, 4) is 11.3 Å². The molecule has 4 nitrogen and oxygen atoms in total. The molecule has 3 rings (SSSR count). The number of pyridine rings is 1. The molecule has 1 aromatic heterocycles. The van der Waals surface area contributed by atoms with Crippen LogP contribution in [0.25, 0.3) is 22.2 Å². The molecule has 0 saturated carbocycles. The summed E-state index contributed by atoms with van der Waals surface area (Å²) in [4.78, 5) is 4.50. The molecule has 5 heteroatoms. The number of primary sulfonamides is 1. The summed E-state index contributed by atoms with van der Waals surface area (Å²) in [6, 6.07) is 18.2. The number of fused-ring (bicyclic) bond motifs is 1. The van der Waals surface area contributed by atoms with Crippen molar-refractivity contribution in [2.75, 3.05) is 0 Å². The van der Waals surface area contributed by atoms with Crippen molar-refractivity contribution in [2.24, 2.45) is 5.14 Å². The van der Waals surface area contributed by atoms with Crippen LogP contribution in [0.3, 0.4) is 0 Å². The zero-order valence-corrected chi connectivity index (χ0v) is 11.3. The molecule has 0 fully saturated rings. The maximum absolute atomic E-state index is 11.6. The van der Waals surface area contributed by atoms with E-state index in [-0.39, 0.29) is 4.90 Å². The predicted molar refractivity (Wildman–Crippen MR) is 78.6 cm³/mol. The van der Waals surface area contributed by atoms with E-state index >= 15 is 0 Å². The van der Waals surface area contributed by atoms with Crippen LogP contribution in [0.15, 0.2) is 65.6 Å². The second-order valence-corrected chi connectivity index (χ2v) is 5.97. The van der Waals surface area contributed by atoms with Crippen LogP contribution in [0.1, 0.15) is 0 Å². The van der Waals surface area contributed by atoms with Crippen molar-refractivity contribution in [2.45, 2.75) is 4.90 Å². The van der Waals surface area contributed by atoms with E-state index in [1.165, 1.54) is 6.07 Å². The maximum Gasteiger partial charge on any atom is 0.240 e. The summed E-state index contributed by atoms with van der Waals surface area (Å²) in [6.07, 6.45) is 0. The minimum absolute atomic E-state index is 0.0489. The summed E-state index contributed by atoms with van der Waals surface area (Å²) in [5, 5.41) is 5.99. The Morgan fingerprint density at radius 1 is 0.850 bits per heavy atom. The third kappa shape index (κ3) is 2.29. The molecule has 2 aromatic carbocycles. The van der Waals surface area contributed by atoms with Gasteiger partial charge in [-0.3, -0.25) is 0 Å². The van der Waals surface area contributed by atoms with Gasteiger partial charge in [0.15, 0.2) is 0 Å². The topological polar surface area (TPSA) is 73.1 Å². The van der Waals surface area contributed by atoms with Gasteiger partial charge in [-0.1, -0.05) is 48.5 Å². The molecule has 0 spiro atoms. The van der Waals surface area contributed by atoms with Gasteiger partial charge in [0.2, 0.25) is 10.0 Å². The van der Waals surface area contributed by atoms with Gasteiger partial charge in [0.1, 0.15) is 4.90 Å². The molecule has 0 aliphatic heterocycles. The summed E-state index contributed by atoms with van der Waals surface area (Å²) >= 11 is 0. The molecule has 3 aromatic rings. The molecule has 0 radical (unpaired) electrons. The number of hydrogen-bond acceptors (Lipinski definition) is 3. The van der Waals surface area contributed by atoms with Crippen LogP contribution in [0.2, 0.25) is 0 Å². The Labute approximate surface area is 116 Å². The molecule has 0 unspecified atom stereocenters. The van der Waals surface area contributed by atoms with Crippen LogP contribution >= 0.6 is 0 Å². The molecule has 1 heterocycles. The Kier molecular flexibility index (Phi) is 3.00. The minimum atomic E-state index is -3.79. The molecule has 0 amide bonds. The third-order valence-electron chi connectivity index (χ3n) is 3.06. The number of para-hydroxylation sites is 1. The van der Waals surface area contributed by atoms with Crippen molar-refractivity contribution in [3.05, 3.63) is 60.7 Å². The number of aromatic nitrogens is 1. The lowest BCUT2D eigenvalue weighted by molar-refractivity contribution is 0.598. The van der Waals surface area contributed by atoms with Gasteiger partial charge >= 0.3 is 0 Å². The second kappa shape index (κ2) is 4.70. The van der Waals surface area contributed by atoms with E-state index in [1.807, 2.05) is 48.5 Å². The van der Waals surface area contributed by atoms with E-state index in [4.69, 9.17) is 5.14 Å². The molecule has 100 valence electrons. The summed E-state index contributed by atoms with van der Waals surface area (Å²) in [6.45, 7) is 0. The van der Waals surface area contributed by atoms with Gasteiger partial charge in [0.05, 0.1) is 11.2 Å². The molecule has 0 aliphatic carbocycles. The fourth-order valence-corrected chi connectivity index (χ4v) is 2.82. The molecule has 0 aliphatic rings. The zero-order valence-electron chi connectivity index (χ0n) is 10.5. The average Bonchev–Trinajstić information content (AvgIpc) is 2.46. The highest BCUT2D eigenvalue weighted by atomic mass is 32.2. The summed E-state index contributed by atoms with van der Waals surface area (Å²) in [5.41, 5.74) is 2.05. The first-order chi connectivity index (χ1) is 9.55. The molecule has 0 saturated heterocycles. The Hall–Kier alpha value is -2.24. The maximum atomic E-state index is 11.6. The number of rotatable bonds is 2. The number of sulfonamides is 1. The van der Waals surface area contributed by atoms with Crippen LogP contribution in [0, 0.1) is 0 Å². The lowest BCUT2D eigenvalue weighted by Gasteiger charge is -2.06. The average molecular weight is 284 g/mol. The Morgan fingerprint density at radius 2 is 1.60 bits per heavy atom. The van der Waals surface area contributed by atoms with E-state index in [1.54, 1.807) is 6.07 Å². The van der Waals surface area contributed by atoms with Crippen molar-refractivity contribution in [1.29, 1.82) is 0 Å². The fourth-order valence-electron chi connectivity index (χ4n) is 2.12. The van der Waals surface area contributed by atoms with E-state index < -0.39 is 10.0 Å². The molecule has 20 heavy (non-hydrogen) atoms. The largest absolute Gasteiger partial charge is 0.246 e. The minimum Gasteiger partial charge on any atom is -0.246 e. The van der Waals surface area contributed by atoms with Crippen LogP contribution in [-0.4, -0.2) is 13.4 Å². The molecule has 0 atom stereocenters. The van der Waals surface area contributed by atoms with Gasteiger partial charge in [0.25, 0.3) is 0 Å². The lowest BCUT2D eigenvalue weighted by atomic mass is 10.1. The second-order valence-electron chi connectivity index (χ2n) is 4.44. The van der Waals surface area contributed by atoms with E-state index in [0.717, 1.165) is 10.9 Å². The predicted octanol–water partition coefficient (Wildman–Crippen LogP) is 2.55. The highest BCUT2D eigenvalue weighted by Gasteiger charge is 2.14. The standard InChI is InChI=1S/C15H12N2O2S/c16-20(18,19)14-8-4-7-12-9-10-13(17-15(12)14)11-5-2-1-3-6-11/h1-10H,(H2,16,18,19). The summed E-state index contributed by atoms with van der Waals surface area (Å²) in [7, 11) is -3.79. The van der Waals surface area contributed by atoms with Crippen molar-refractivity contribution in [3.63, 3.8) is 0 Å². The molecular weight excluding hydrogens is 272 g/mol. The smallest absolute Gasteiger partial charge is 0.240 e. The van der Waals surface area contributed by atoms with Crippen molar-refractivity contribution >= 4 is 20.9 Å². The van der Waals surface area contributed by atoms with Crippen molar-refractivity contribution in [1.82, 2.24) is 4.98 Å². The Bertz CT molecular complexity index is 875. The number of nitrogens with zero attached hydrogens (tertiary/aromatic N) is 1. The van der Waals surface area contributed by atoms with Crippen LogP contribution in [0.5, 0.6) is 0 Å². The van der Waals surface area contributed by atoms with Crippen molar-refractivity contribution < 1.29 is 8.42 Å². The Balaban J connectivity index is 2.30. The highest BCUT2D eigenvalue weighted by Crippen LogP contribution is 2.24. The van der Waals surface area contributed by atoms with E-state index in [0.29, 0.717) is 11.2 Å². The molecule has 2 N–H and O–H groups in total. The SMILES string of the molecule is NS(=O)(=O)c1cccc2ccc(-c3ccccc3)nc12. The first-order valence-corrected chi connectivity index (χ1v) is 7.58. The fraction of sp³-hybridized carbons (Fsp3) is 0. The molecule has 0 bridgehead atoms. The number of benzene rings is 2. The number of nitrogens with two attached hydrogens (primary N) is 1. The third-order valence-corrected chi connectivity index (χ3v) is 4.00. The zero-order chi connectivity index (χ0) is 14.2. The van der Waals surface area contributed by atoms with Gasteiger partial charge in [-0.2, -0.15) is 0 Å². The van der Waals surface area contributed by atoms with Gasteiger partial charge in [-0.15, -0.1) is 0 Å². The van der Waals surface area contributed by atoms with Crippen LogP contribution in [0.4, 0.5) is 0 Å². The van der Waals surface area contributed by atoms with E-state index in [9.17, 15) is 8.42 Å². The quantitative estimate of drug-likeness (QED) is 0.786. The summed E-state index contributed by atoms with van der Waals surface area (Å²) < 4.78 is 23.3. The monoisotopic (exact) mass is 284 g/mol. The number of hydrogen-bond donors (Lipinski definition) is 1. The first kappa shape index (κ1) is 12.8. The lowest BCUT2D eigenvalue weighted by Crippen LogP contribution is -2.13. The summed E-state index contributed by atoms with van der Waals surface area (Å²) in [5.74, 6) is 0. The van der Waals surface area contributed by atoms with Crippen LogP contribution in [-0.2, 0) is 10.0 Å².